The maximum atomic E-state index is 6.03. The number of aromatic amines is 1. The summed E-state index contributed by atoms with van der Waals surface area (Å²) in [6.07, 6.45) is 2.72. The van der Waals surface area contributed by atoms with Gasteiger partial charge in [-0.05, 0) is 34.5 Å². The van der Waals surface area contributed by atoms with E-state index in [0.29, 0.717) is 5.65 Å². The van der Waals surface area contributed by atoms with Gasteiger partial charge in [0.1, 0.15) is 5.82 Å². The lowest BCUT2D eigenvalue weighted by atomic mass is 10.2. The molecule has 0 aliphatic rings. The summed E-state index contributed by atoms with van der Waals surface area (Å²) in [5.74, 6) is 0.782. The van der Waals surface area contributed by atoms with Gasteiger partial charge in [-0.3, -0.25) is 0 Å². The second kappa shape index (κ2) is 4.37. The number of rotatable bonds is 2. The number of nitrogens with zero attached hydrogens (tertiary/aromatic N) is 2. The molecule has 0 saturated carbocycles. The number of aryl methyl sites for hydroxylation is 1. The highest BCUT2D eigenvalue weighted by Gasteiger charge is 2.12. The van der Waals surface area contributed by atoms with Gasteiger partial charge in [0.15, 0.2) is 5.65 Å². The van der Waals surface area contributed by atoms with E-state index in [1.54, 1.807) is 17.5 Å². The van der Waals surface area contributed by atoms with Crippen LogP contribution in [-0.2, 0) is 6.42 Å². The third kappa shape index (κ3) is 1.91. The average Bonchev–Trinajstić information content (AvgIpc) is 2.91. The summed E-state index contributed by atoms with van der Waals surface area (Å²) in [5, 5.41) is 0.796. The van der Waals surface area contributed by atoms with E-state index in [-0.39, 0.29) is 0 Å². The monoisotopic (exact) mass is 322 g/mol. The molecule has 4 nitrogen and oxygen atoms in total. The number of hydrogen-bond donors (Lipinski definition) is 2. The van der Waals surface area contributed by atoms with Gasteiger partial charge in [-0.15, -0.1) is 11.3 Å². The molecule has 3 heterocycles. The Morgan fingerprint density at radius 1 is 1.44 bits per heavy atom. The van der Waals surface area contributed by atoms with Crippen LogP contribution in [0.1, 0.15) is 11.8 Å². The van der Waals surface area contributed by atoms with Gasteiger partial charge >= 0.3 is 0 Å². The minimum absolute atomic E-state index is 0.705. The number of nitrogens with one attached hydrogen (secondary N) is 1. The van der Waals surface area contributed by atoms with E-state index in [1.165, 1.54) is 4.88 Å². The lowest BCUT2D eigenvalue weighted by Crippen LogP contribution is -1.84. The third-order valence-electron chi connectivity index (χ3n) is 2.72. The Morgan fingerprint density at radius 3 is 3.00 bits per heavy atom. The fraction of sp³-hybridized carbons (Fsp3) is 0.167. The summed E-state index contributed by atoms with van der Waals surface area (Å²) in [7, 11) is 0. The Kier molecular flexibility index (Phi) is 2.83. The van der Waals surface area contributed by atoms with Crippen molar-refractivity contribution in [2.75, 3.05) is 5.73 Å². The molecule has 3 aromatic heterocycles. The van der Waals surface area contributed by atoms with E-state index < -0.39 is 0 Å². The van der Waals surface area contributed by atoms with Crippen molar-refractivity contribution in [2.24, 2.45) is 0 Å². The molecule has 0 atom stereocenters. The van der Waals surface area contributed by atoms with Crippen LogP contribution in [0.5, 0.6) is 0 Å². The Labute approximate surface area is 116 Å². The Morgan fingerprint density at radius 2 is 2.28 bits per heavy atom. The number of nitrogen functional groups attached to an aromatic ring is 1. The van der Waals surface area contributed by atoms with Crippen LogP contribution in [0.25, 0.3) is 22.6 Å². The summed E-state index contributed by atoms with van der Waals surface area (Å²) < 4.78 is 0.928. The van der Waals surface area contributed by atoms with Crippen LogP contribution in [0.2, 0.25) is 0 Å². The molecule has 0 aliphatic carbocycles. The first kappa shape index (κ1) is 11.7. The number of fused-ring (bicyclic) bond motifs is 1. The quantitative estimate of drug-likeness (QED) is 0.757. The number of anilines is 1. The molecule has 3 rings (SSSR count). The van der Waals surface area contributed by atoms with Crippen molar-refractivity contribution in [3.8, 4) is 11.4 Å². The maximum absolute atomic E-state index is 6.03. The fourth-order valence-electron chi connectivity index (χ4n) is 1.82. The maximum Gasteiger partial charge on any atom is 0.178 e. The lowest BCUT2D eigenvalue weighted by molar-refractivity contribution is 1.18. The molecular weight excluding hydrogens is 312 g/mol. The zero-order valence-corrected chi connectivity index (χ0v) is 12.1. The van der Waals surface area contributed by atoms with Crippen molar-refractivity contribution in [3.05, 3.63) is 27.7 Å². The van der Waals surface area contributed by atoms with E-state index in [2.05, 4.69) is 43.9 Å². The van der Waals surface area contributed by atoms with E-state index in [4.69, 9.17) is 5.73 Å². The predicted octanol–water partition coefficient (Wildman–Crippen LogP) is 3.59. The van der Waals surface area contributed by atoms with Crippen molar-refractivity contribution in [2.45, 2.75) is 13.3 Å². The van der Waals surface area contributed by atoms with Crippen molar-refractivity contribution in [1.29, 1.82) is 0 Å². The highest BCUT2D eigenvalue weighted by atomic mass is 79.9. The molecule has 0 spiro atoms. The standard InChI is InChI=1S/C12H11BrN4S/c1-2-7-4-8(10(14)18-7)11-16-9-3-6(13)5-15-12(9)17-11/h3-5H,2,14H2,1H3,(H,15,16,17). The zero-order valence-electron chi connectivity index (χ0n) is 9.70. The number of nitrogens with two attached hydrogens (primary N) is 1. The van der Waals surface area contributed by atoms with Gasteiger partial charge in [0.25, 0.3) is 0 Å². The predicted molar refractivity (Wildman–Crippen MR) is 78.7 cm³/mol. The van der Waals surface area contributed by atoms with Crippen molar-refractivity contribution >= 4 is 43.4 Å². The van der Waals surface area contributed by atoms with Gasteiger partial charge in [0.05, 0.1) is 16.1 Å². The van der Waals surface area contributed by atoms with Gasteiger partial charge in [-0.1, -0.05) is 6.92 Å². The number of pyridine rings is 1. The van der Waals surface area contributed by atoms with Crippen LogP contribution >= 0.6 is 27.3 Å². The van der Waals surface area contributed by atoms with Crippen LogP contribution in [-0.4, -0.2) is 15.0 Å². The van der Waals surface area contributed by atoms with Crippen LogP contribution in [0.3, 0.4) is 0 Å². The molecule has 18 heavy (non-hydrogen) atoms. The Bertz CT molecular complexity index is 716. The van der Waals surface area contributed by atoms with E-state index in [0.717, 1.165) is 32.8 Å². The number of halogens is 1. The Balaban J connectivity index is 2.15. The smallest absolute Gasteiger partial charge is 0.178 e. The first-order valence-corrected chi connectivity index (χ1v) is 7.18. The summed E-state index contributed by atoms with van der Waals surface area (Å²) in [4.78, 5) is 13.2. The molecule has 0 unspecified atom stereocenters. The second-order valence-corrected chi connectivity index (χ2v) is 6.04. The van der Waals surface area contributed by atoms with Crippen molar-refractivity contribution < 1.29 is 0 Å². The van der Waals surface area contributed by atoms with Crippen LogP contribution in [0, 0.1) is 0 Å². The molecule has 0 radical (unpaired) electrons. The molecule has 0 saturated heterocycles. The topological polar surface area (TPSA) is 67.6 Å². The second-order valence-electron chi connectivity index (χ2n) is 3.95. The molecule has 3 N–H and O–H groups in total. The molecule has 0 amide bonds. The summed E-state index contributed by atoms with van der Waals surface area (Å²) >= 11 is 5.01. The molecular formula is C12H11BrN4S. The number of aromatic nitrogens is 3. The minimum Gasteiger partial charge on any atom is -0.390 e. The van der Waals surface area contributed by atoms with Crippen LogP contribution < -0.4 is 5.73 Å². The Hall–Kier alpha value is -1.40. The molecule has 0 bridgehead atoms. The largest absolute Gasteiger partial charge is 0.390 e. The molecule has 3 aromatic rings. The fourth-order valence-corrected chi connectivity index (χ4v) is 3.02. The third-order valence-corrected chi connectivity index (χ3v) is 4.26. The highest BCUT2D eigenvalue weighted by molar-refractivity contribution is 9.10. The SMILES string of the molecule is CCc1cc(-c2nc3ncc(Br)cc3[nH]2)c(N)s1. The van der Waals surface area contributed by atoms with Crippen molar-refractivity contribution in [1.82, 2.24) is 15.0 Å². The molecule has 0 aromatic carbocycles. The normalized spacial score (nSPS) is 11.2. The van der Waals surface area contributed by atoms with E-state index in [1.807, 2.05) is 6.07 Å². The number of hydrogen-bond acceptors (Lipinski definition) is 4. The van der Waals surface area contributed by atoms with Gasteiger partial charge in [0, 0.05) is 15.5 Å². The first-order chi connectivity index (χ1) is 8.67. The van der Waals surface area contributed by atoms with E-state index in [9.17, 15) is 0 Å². The van der Waals surface area contributed by atoms with Gasteiger partial charge in [0.2, 0.25) is 0 Å². The highest BCUT2D eigenvalue weighted by Crippen LogP contribution is 2.33. The first-order valence-electron chi connectivity index (χ1n) is 5.57. The number of thiophene rings is 1. The summed E-state index contributed by atoms with van der Waals surface area (Å²) in [6.45, 7) is 2.12. The molecule has 0 fully saturated rings. The number of imidazole rings is 1. The van der Waals surface area contributed by atoms with Crippen molar-refractivity contribution in [3.63, 3.8) is 0 Å². The van der Waals surface area contributed by atoms with Gasteiger partial charge < -0.3 is 10.7 Å². The molecule has 6 heteroatoms. The zero-order chi connectivity index (χ0) is 12.7. The summed E-state index contributed by atoms with van der Waals surface area (Å²) in [6, 6.07) is 4.05. The van der Waals surface area contributed by atoms with Crippen LogP contribution in [0.4, 0.5) is 5.00 Å². The molecule has 92 valence electrons. The summed E-state index contributed by atoms with van der Waals surface area (Å²) in [5.41, 5.74) is 8.60. The van der Waals surface area contributed by atoms with E-state index >= 15 is 0 Å². The molecule has 0 aliphatic heterocycles. The van der Waals surface area contributed by atoms with Crippen LogP contribution in [0.15, 0.2) is 22.8 Å². The number of H-pyrrole nitrogens is 1. The van der Waals surface area contributed by atoms with Gasteiger partial charge in [-0.25, -0.2) is 9.97 Å². The lowest BCUT2D eigenvalue weighted by Gasteiger charge is -1.91. The average molecular weight is 323 g/mol. The minimum atomic E-state index is 0.705. The van der Waals surface area contributed by atoms with Gasteiger partial charge in [-0.2, -0.15) is 0 Å².